The topological polar surface area (TPSA) is 110 Å². The number of nitro benzene ring substituents is 1. The molecule has 1 atom stereocenters. The third-order valence-corrected chi connectivity index (χ3v) is 6.82. The van der Waals surface area contributed by atoms with Crippen LogP contribution in [0.25, 0.3) is 0 Å². The Balaban J connectivity index is 1.85. The van der Waals surface area contributed by atoms with E-state index in [9.17, 15) is 23.3 Å². The van der Waals surface area contributed by atoms with Crippen molar-refractivity contribution in [3.05, 3.63) is 63.7 Å². The molecule has 28 heavy (non-hydrogen) atoms. The van der Waals surface area contributed by atoms with Crippen molar-refractivity contribution in [2.75, 3.05) is 11.9 Å². The van der Waals surface area contributed by atoms with Crippen LogP contribution in [-0.2, 0) is 14.8 Å². The Hall–Kier alpha value is -2.78. The summed E-state index contributed by atoms with van der Waals surface area (Å²) in [6.45, 7) is 3.66. The second-order valence-electron chi connectivity index (χ2n) is 6.78. The summed E-state index contributed by atoms with van der Waals surface area (Å²) in [5.74, 6) is -0.489. The molecule has 1 aliphatic rings. The fourth-order valence-corrected chi connectivity index (χ4v) is 4.96. The van der Waals surface area contributed by atoms with Crippen LogP contribution in [0.15, 0.2) is 47.4 Å². The zero-order valence-corrected chi connectivity index (χ0v) is 16.4. The number of aryl methyl sites for hydroxylation is 1. The minimum absolute atomic E-state index is 0.103. The van der Waals surface area contributed by atoms with Crippen LogP contribution in [0.2, 0.25) is 0 Å². The summed E-state index contributed by atoms with van der Waals surface area (Å²) in [4.78, 5) is 23.5. The number of sulfonamides is 1. The second kappa shape index (κ2) is 7.69. The van der Waals surface area contributed by atoms with Crippen molar-refractivity contribution < 1.29 is 18.1 Å². The van der Waals surface area contributed by atoms with E-state index in [2.05, 4.69) is 5.32 Å². The van der Waals surface area contributed by atoms with Gasteiger partial charge in [0, 0.05) is 12.6 Å². The molecule has 1 amide bonds. The lowest BCUT2D eigenvalue weighted by Gasteiger charge is -2.23. The van der Waals surface area contributed by atoms with Gasteiger partial charge in [-0.25, -0.2) is 8.42 Å². The highest BCUT2D eigenvalue weighted by molar-refractivity contribution is 7.89. The summed E-state index contributed by atoms with van der Waals surface area (Å²) < 4.78 is 27.2. The van der Waals surface area contributed by atoms with E-state index in [1.807, 2.05) is 6.92 Å². The molecule has 148 valence electrons. The maximum atomic E-state index is 13.0. The maximum absolute atomic E-state index is 13.0. The third-order valence-electron chi connectivity index (χ3n) is 4.89. The summed E-state index contributed by atoms with van der Waals surface area (Å²) in [6.07, 6.45) is 0.960. The van der Waals surface area contributed by atoms with Gasteiger partial charge in [0.15, 0.2) is 0 Å². The maximum Gasteiger partial charge on any atom is 0.274 e. The molecule has 1 aliphatic heterocycles. The van der Waals surface area contributed by atoms with Crippen LogP contribution in [0.4, 0.5) is 11.4 Å². The van der Waals surface area contributed by atoms with E-state index in [-0.39, 0.29) is 17.1 Å². The Morgan fingerprint density at radius 3 is 2.50 bits per heavy atom. The van der Waals surface area contributed by atoms with E-state index in [0.29, 0.717) is 24.1 Å². The molecule has 0 radical (unpaired) electrons. The van der Waals surface area contributed by atoms with E-state index in [1.165, 1.54) is 28.6 Å². The average Bonchev–Trinajstić information content (AvgIpc) is 3.14. The first kappa shape index (κ1) is 20.0. The monoisotopic (exact) mass is 403 g/mol. The molecule has 9 heteroatoms. The number of nitrogens with one attached hydrogen (secondary N) is 1. The molecule has 0 saturated carbocycles. The van der Waals surface area contributed by atoms with Gasteiger partial charge in [0.1, 0.15) is 6.04 Å². The van der Waals surface area contributed by atoms with Gasteiger partial charge >= 0.3 is 0 Å². The summed E-state index contributed by atoms with van der Waals surface area (Å²) >= 11 is 0. The third kappa shape index (κ3) is 3.76. The van der Waals surface area contributed by atoms with Gasteiger partial charge in [-0.1, -0.05) is 23.8 Å². The van der Waals surface area contributed by atoms with Crippen LogP contribution >= 0.6 is 0 Å². The van der Waals surface area contributed by atoms with Crippen LogP contribution in [-0.4, -0.2) is 36.1 Å². The van der Waals surface area contributed by atoms with Gasteiger partial charge in [0.05, 0.1) is 21.1 Å². The lowest BCUT2D eigenvalue weighted by molar-refractivity contribution is -0.385. The second-order valence-corrected chi connectivity index (χ2v) is 8.67. The summed E-state index contributed by atoms with van der Waals surface area (Å²) in [7, 11) is -3.81. The highest BCUT2D eigenvalue weighted by Gasteiger charge is 2.39. The number of amides is 1. The van der Waals surface area contributed by atoms with Crippen molar-refractivity contribution in [3.8, 4) is 0 Å². The molecule has 2 aromatic carbocycles. The molecule has 0 aliphatic carbocycles. The Morgan fingerprint density at radius 1 is 1.18 bits per heavy atom. The molecular formula is C19H21N3O5S. The first-order valence-corrected chi connectivity index (χ1v) is 10.3. The molecule has 1 heterocycles. The lowest BCUT2D eigenvalue weighted by atomic mass is 10.1. The zero-order valence-electron chi connectivity index (χ0n) is 15.6. The quantitative estimate of drug-likeness (QED) is 0.610. The SMILES string of the molecule is Cc1ccc(S(=O)(=O)N2CCCC2C(=O)Nc2cccc([N+](=O)[O-])c2C)cc1. The number of nitrogens with zero attached hydrogens (tertiary/aromatic N) is 2. The van der Waals surface area contributed by atoms with Gasteiger partial charge in [-0.05, 0) is 44.9 Å². The number of hydrogen-bond donors (Lipinski definition) is 1. The first-order chi connectivity index (χ1) is 13.2. The van der Waals surface area contributed by atoms with E-state index in [4.69, 9.17) is 0 Å². The molecule has 1 unspecified atom stereocenters. The summed E-state index contributed by atoms with van der Waals surface area (Å²) in [5, 5.41) is 13.7. The molecule has 1 N–H and O–H groups in total. The van der Waals surface area contributed by atoms with E-state index in [0.717, 1.165) is 5.56 Å². The minimum Gasteiger partial charge on any atom is -0.324 e. The standard InChI is InChI=1S/C19H21N3O5S/c1-13-8-10-15(11-9-13)28(26,27)21-12-4-7-18(21)19(23)20-16-5-3-6-17(14(16)2)22(24)25/h3,5-6,8-11,18H,4,7,12H2,1-2H3,(H,20,23). The highest BCUT2D eigenvalue weighted by Crippen LogP contribution is 2.29. The number of carbonyl (C=O) groups excluding carboxylic acids is 1. The van der Waals surface area contributed by atoms with Gasteiger partial charge in [-0.15, -0.1) is 0 Å². The Bertz CT molecular complexity index is 1020. The number of rotatable bonds is 5. The summed E-state index contributed by atoms with van der Waals surface area (Å²) in [6, 6.07) is 10.0. The van der Waals surface area contributed by atoms with Crippen molar-refractivity contribution in [2.24, 2.45) is 0 Å². The van der Waals surface area contributed by atoms with Gasteiger partial charge in [-0.3, -0.25) is 14.9 Å². The highest BCUT2D eigenvalue weighted by atomic mass is 32.2. The van der Waals surface area contributed by atoms with Gasteiger partial charge < -0.3 is 5.32 Å². The van der Waals surface area contributed by atoms with Gasteiger partial charge in [-0.2, -0.15) is 4.31 Å². The van der Waals surface area contributed by atoms with E-state index >= 15 is 0 Å². The molecule has 0 aromatic heterocycles. The van der Waals surface area contributed by atoms with Crippen molar-refractivity contribution in [1.82, 2.24) is 4.31 Å². The van der Waals surface area contributed by atoms with Crippen LogP contribution in [0.5, 0.6) is 0 Å². The molecule has 0 spiro atoms. The van der Waals surface area contributed by atoms with E-state index < -0.39 is 26.9 Å². The number of benzene rings is 2. The Morgan fingerprint density at radius 2 is 1.86 bits per heavy atom. The molecule has 8 nitrogen and oxygen atoms in total. The minimum atomic E-state index is -3.81. The van der Waals surface area contributed by atoms with Crippen molar-refractivity contribution in [1.29, 1.82) is 0 Å². The fraction of sp³-hybridized carbons (Fsp3) is 0.316. The number of anilines is 1. The predicted octanol–water partition coefficient (Wildman–Crippen LogP) is 3.00. The van der Waals surface area contributed by atoms with Crippen LogP contribution in [0.3, 0.4) is 0 Å². The van der Waals surface area contributed by atoms with Crippen molar-refractivity contribution >= 4 is 27.3 Å². The molecular weight excluding hydrogens is 382 g/mol. The molecule has 1 fully saturated rings. The van der Waals surface area contributed by atoms with Crippen molar-refractivity contribution in [3.63, 3.8) is 0 Å². The van der Waals surface area contributed by atoms with Crippen LogP contribution < -0.4 is 5.32 Å². The van der Waals surface area contributed by atoms with E-state index in [1.54, 1.807) is 25.1 Å². The Kier molecular flexibility index (Phi) is 5.48. The largest absolute Gasteiger partial charge is 0.324 e. The molecule has 0 bridgehead atoms. The number of nitro groups is 1. The zero-order chi connectivity index (χ0) is 20.5. The average molecular weight is 403 g/mol. The molecule has 1 saturated heterocycles. The van der Waals surface area contributed by atoms with Crippen LogP contribution in [0.1, 0.15) is 24.0 Å². The Labute approximate surface area is 163 Å². The fourth-order valence-electron chi connectivity index (χ4n) is 3.31. The van der Waals surface area contributed by atoms with Gasteiger partial charge in [0.25, 0.3) is 5.69 Å². The lowest BCUT2D eigenvalue weighted by Crippen LogP contribution is -2.43. The number of hydrogen-bond acceptors (Lipinski definition) is 5. The predicted molar refractivity (Wildman–Crippen MR) is 105 cm³/mol. The smallest absolute Gasteiger partial charge is 0.274 e. The van der Waals surface area contributed by atoms with Crippen molar-refractivity contribution in [2.45, 2.75) is 37.6 Å². The first-order valence-electron chi connectivity index (χ1n) is 8.85. The van der Waals surface area contributed by atoms with Crippen LogP contribution in [0, 0.1) is 24.0 Å². The normalized spacial score (nSPS) is 17.4. The molecule has 3 rings (SSSR count). The van der Waals surface area contributed by atoms with Gasteiger partial charge in [0.2, 0.25) is 15.9 Å². The summed E-state index contributed by atoms with van der Waals surface area (Å²) in [5.41, 5.74) is 1.47. The number of carbonyl (C=O) groups is 1. The molecule has 2 aromatic rings.